The largest absolute Gasteiger partial charge is 0.489 e. The molecule has 0 radical (unpaired) electrons. The Hall–Kier alpha value is -1.26. The molecule has 118 valence electrons. The molecule has 0 aromatic heterocycles. The number of benzene rings is 1. The molecule has 0 amide bonds. The van der Waals surface area contributed by atoms with Gasteiger partial charge in [-0.25, -0.2) is 0 Å². The van der Waals surface area contributed by atoms with Crippen molar-refractivity contribution in [1.82, 2.24) is 4.90 Å². The average molecular weight is 292 g/mol. The Morgan fingerprint density at radius 3 is 2.86 bits per heavy atom. The Labute approximate surface area is 128 Å². The fourth-order valence-electron chi connectivity index (χ4n) is 2.74. The van der Waals surface area contributed by atoms with Crippen LogP contribution in [0.4, 0.5) is 5.69 Å². The van der Waals surface area contributed by atoms with Crippen molar-refractivity contribution in [3.05, 3.63) is 23.8 Å². The van der Waals surface area contributed by atoms with Crippen molar-refractivity contribution in [1.29, 1.82) is 0 Å². The number of rotatable bonds is 6. The first-order valence-corrected chi connectivity index (χ1v) is 7.79. The molecule has 2 rings (SSSR count). The third-order valence-electron chi connectivity index (χ3n) is 4.25. The molecule has 0 spiro atoms. The quantitative estimate of drug-likeness (QED) is 0.817. The monoisotopic (exact) mass is 292 g/mol. The van der Waals surface area contributed by atoms with Crippen molar-refractivity contribution in [2.45, 2.75) is 38.8 Å². The minimum absolute atomic E-state index is 0.517. The lowest BCUT2D eigenvalue weighted by Gasteiger charge is -2.36. The molecule has 0 saturated carbocycles. The van der Waals surface area contributed by atoms with Gasteiger partial charge >= 0.3 is 0 Å². The van der Waals surface area contributed by atoms with Gasteiger partial charge in [-0.2, -0.15) is 0 Å². The topological polar surface area (TPSA) is 33.7 Å². The summed E-state index contributed by atoms with van der Waals surface area (Å²) in [6, 6.07) is 7.49. The highest BCUT2D eigenvalue weighted by molar-refractivity contribution is 5.58. The molecule has 1 saturated heterocycles. The van der Waals surface area contributed by atoms with E-state index >= 15 is 0 Å². The summed E-state index contributed by atoms with van der Waals surface area (Å²) in [7, 11) is 3.89. The van der Waals surface area contributed by atoms with Crippen LogP contribution in [0.15, 0.2) is 18.2 Å². The van der Waals surface area contributed by atoms with E-state index in [2.05, 4.69) is 49.3 Å². The van der Waals surface area contributed by atoms with E-state index in [0.717, 1.165) is 18.0 Å². The molecule has 1 aliphatic rings. The Morgan fingerprint density at radius 1 is 1.33 bits per heavy atom. The van der Waals surface area contributed by atoms with Gasteiger partial charge in [0.1, 0.15) is 12.4 Å². The minimum atomic E-state index is 0.517. The lowest BCUT2D eigenvalue weighted by Crippen LogP contribution is -2.42. The predicted molar refractivity (Wildman–Crippen MR) is 87.3 cm³/mol. The van der Waals surface area contributed by atoms with E-state index in [-0.39, 0.29) is 0 Å². The van der Waals surface area contributed by atoms with Gasteiger partial charge in [0.2, 0.25) is 0 Å². The van der Waals surface area contributed by atoms with E-state index in [4.69, 9.17) is 9.47 Å². The van der Waals surface area contributed by atoms with Gasteiger partial charge in [0.15, 0.2) is 0 Å². The third kappa shape index (κ3) is 4.61. The molecular formula is C17H28N2O2. The zero-order chi connectivity index (χ0) is 15.2. The van der Waals surface area contributed by atoms with Gasteiger partial charge in [0.25, 0.3) is 0 Å². The first-order valence-electron chi connectivity index (χ1n) is 7.79. The maximum atomic E-state index is 5.85. The maximum Gasteiger partial charge on any atom is 0.142 e. The van der Waals surface area contributed by atoms with Gasteiger partial charge in [0.05, 0.1) is 12.3 Å². The summed E-state index contributed by atoms with van der Waals surface area (Å²) in [4.78, 5) is 2.42. The fraction of sp³-hybridized carbons (Fsp3) is 0.647. The second kappa shape index (κ2) is 7.66. The van der Waals surface area contributed by atoms with E-state index in [1.54, 1.807) is 7.11 Å². The standard InChI is InChI=1S/C17H28N2O2/c1-13-5-6-16(17(11-13)21-10-9-20-4)18-15-7-8-19(3)14(2)12-15/h5-6,11,14-15,18H,7-10,12H2,1-4H3. The summed E-state index contributed by atoms with van der Waals surface area (Å²) in [5.74, 6) is 0.929. The fourth-order valence-corrected chi connectivity index (χ4v) is 2.74. The highest BCUT2D eigenvalue weighted by Crippen LogP contribution is 2.29. The SMILES string of the molecule is COCCOc1cc(C)ccc1NC1CCN(C)C(C)C1. The van der Waals surface area contributed by atoms with Gasteiger partial charge in [-0.15, -0.1) is 0 Å². The molecule has 1 aromatic rings. The maximum absolute atomic E-state index is 5.85. The predicted octanol–water partition coefficient (Wildman–Crippen LogP) is 2.91. The van der Waals surface area contributed by atoms with E-state index in [1.807, 2.05) is 0 Å². The highest BCUT2D eigenvalue weighted by atomic mass is 16.5. The van der Waals surface area contributed by atoms with E-state index in [0.29, 0.717) is 25.3 Å². The van der Waals surface area contributed by atoms with E-state index in [1.165, 1.54) is 18.4 Å². The smallest absolute Gasteiger partial charge is 0.142 e. The molecule has 0 bridgehead atoms. The van der Waals surface area contributed by atoms with Crippen molar-refractivity contribution in [2.24, 2.45) is 0 Å². The second-order valence-electron chi connectivity index (χ2n) is 6.04. The number of ether oxygens (including phenoxy) is 2. The Balaban J connectivity index is 2.01. The van der Waals surface area contributed by atoms with Gasteiger partial charge in [-0.1, -0.05) is 6.07 Å². The number of piperidine rings is 1. The number of likely N-dealkylation sites (tertiary alicyclic amines) is 1. The summed E-state index contributed by atoms with van der Waals surface area (Å²) < 4.78 is 10.9. The molecule has 2 atom stereocenters. The first-order chi connectivity index (χ1) is 10.1. The molecule has 4 nitrogen and oxygen atoms in total. The molecule has 21 heavy (non-hydrogen) atoms. The molecule has 1 aromatic carbocycles. The van der Waals surface area contributed by atoms with E-state index in [9.17, 15) is 0 Å². The number of hydrogen-bond acceptors (Lipinski definition) is 4. The van der Waals surface area contributed by atoms with Gasteiger partial charge < -0.3 is 19.7 Å². The summed E-state index contributed by atoms with van der Waals surface area (Å²) >= 11 is 0. The van der Waals surface area contributed by atoms with Gasteiger partial charge in [-0.3, -0.25) is 0 Å². The molecule has 1 fully saturated rings. The zero-order valence-electron chi connectivity index (χ0n) is 13.7. The summed E-state index contributed by atoms with van der Waals surface area (Å²) in [6.07, 6.45) is 2.34. The Bertz CT molecular complexity index is 450. The van der Waals surface area contributed by atoms with Crippen LogP contribution in [0.1, 0.15) is 25.3 Å². The number of nitrogens with zero attached hydrogens (tertiary/aromatic N) is 1. The highest BCUT2D eigenvalue weighted by Gasteiger charge is 2.23. The van der Waals surface area contributed by atoms with Crippen LogP contribution in [0.25, 0.3) is 0 Å². The third-order valence-corrected chi connectivity index (χ3v) is 4.25. The molecule has 1 aliphatic heterocycles. The molecule has 2 unspecified atom stereocenters. The van der Waals surface area contributed by atoms with Crippen molar-refractivity contribution in [3.8, 4) is 5.75 Å². The van der Waals surface area contributed by atoms with Crippen LogP contribution in [0.3, 0.4) is 0 Å². The number of methoxy groups -OCH3 is 1. The second-order valence-corrected chi connectivity index (χ2v) is 6.04. The van der Waals surface area contributed by atoms with Crippen LogP contribution in [0.5, 0.6) is 5.75 Å². The molecular weight excluding hydrogens is 264 g/mol. The number of anilines is 1. The van der Waals surface area contributed by atoms with Crippen LogP contribution < -0.4 is 10.1 Å². The van der Waals surface area contributed by atoms with Crippen LogP contribution in [-0.2, 0) is 4.74 Å². The van der Waals surface area contributed by atoms with Crippen LogP contribution in [-0.4, -0.2) is 50.9 Å². The van der Waals surface area contributed by atoms with Gasteiger partial charge in [0, 0.05) is 25.7 Å². The Morgan fingerprint density at radius 2 is 2.14 bits per heavy atom. The Kier molecular flexibility index (Phi) is 5.88. The van der Waals surface area contributed by atoms with Crippen molar-refractivity contribution in [2.75, 3.05) is 39.2 Å². The summed E-state index contributed by atoms with van der Waals surface area (Å²) in [5.41, 5.74) is 2.31. The van der Waals surface area contributed by atoms with Crippen LogP contribution in [0, 0.1) is 6.92 Å². The van der Waals surface area contributed by atoms with Crippen molar-refractivity contribution >= 4 is 5.69 Å². The first kappa shape index (κ1) is 16.1. The zero-order valence-corrected chi connectivity index (χ0v) is 13.7. The lowest BCUT2D eigenvalue weighted by molar-refractivity contribution is 0.146. The number of aryl methyl sites for hydroxylation is 1. The van der Waals surface area contributed by atoms with Crippen LogP contribution in [0.2, 0.25) is 0 Å². The molecule has 1 N–H and O–H groups in total. The summed E-state index contributed by atoms with van der Waals surface area (Å²) in [5, 5.41) is 3.66. The molecule has 1 heterocycles. The average Bonchev–Trinajstić information content (AvgIpc) is 2.46. The normalized spacial score (nSPS) is 23.0. The van der Waals surface area contributed by atoms with Crippen molar-refractivity contribution in [3.63, 3.8) is 0 Å². The number of hydrogen-bond donors (Lipinski definition) is 1. The van der Waals surface area contributed by atoms with Crippen molar-refractivity contribution < 1.29 is 9.47 Å². The molecule has 4 heteroatoms. The minimum Gasteiger partial charge on any atom is -0.489 e. The van der Waals surface area contributed by atoms with E-state index < -0.39 is 0 Å². The number of nitrogens with one attached hydrogen (secondary N) is 1. The van der Waals surface area contributed by atoms with Crippen LogP contribution >= 0.6 is 0 Å². The van der Waals surface area contributed by atoms with Gasteiger partial charge in [-0.05, 0) is 51.4 Å². The molecule has 0 aliphatic carbocycles. The lowest BCUT2D eigenvalue weighted by atomic mass is 9.98. The summed E-state index contributed by atoms with van der Waals surface area (Å²) in [6.45, 7) is 6.71.